The number of halogens is 1. The summed E-state index contributed by atoms with van der Waals surface area (Å²) in [7, 11) is 0. The van der Waals surface area contributed by atoms with Crippen LogP contribution < -0.4 is 17.7 Å². The Morgan fingerprint density at radius 1 is 0.652 bits per heavy atom. The standard InChI is InChI=1S/C21H43N.ClH/c1-4-5-6-7-8-9-10-11-12-13-14-15-16-17-19-22-20-18-21(2)3;/h18,22H,4-17,19-20H2,1-3H3;1H. The number of nitrogens with two attached hydrogens (primary N) is 1. The van der Waals surface area contributed by atoms with Crippen LogP contribution in [-0.4, -0.2) is 13.1 Å². The molecule has 0 saturated heterocycles. The third-order valence-electron chi connectivity index (χ3n) is 4.45. The van der Waals surface area contributed by atoms with Gasteiger partial charge in [0.1, 0.15) is 0 Å². The summed E-state index contributed by atoms with van der Waals surface area (Å²) < 4.78 is 0. The average Bonchev–Trinajstić information content (AvgIpc) is 2.50. The zero-order valence-electron chi connectivity index (χ0n) is 16.3. The smallest absolute Gasteiger partial charge is 0.0944 e. The number of rotatable bonds is 17. The molecule has 0 heterocycles. The van der Waals surface area contributed by atoms with Gasteiger partial charge >= 0.3 is 0 Å². The van der Waals surface area contributed by atoms with Crippen LogP contribution in [0.5, 0.6) is 0 Å². The molecule has 0 aliphatic rings. The molecule has 0 spiro atoms. The molecule has 0 unspecified atom stereocenters. The molecule has 0 aliphatic heterocycles. The summed E-state index contributed by atoms with van der Waals surface area (Å²) in [6.45, 7) is 9.13. The van der Waals surface area contributed by atoms with Crippen LogP contribution in [0.4, 0.5) is 0 Å². The fraction of sp³-hybridized carbons (Fsp3) is 0.905. The minimum Gasteiger partial charge on any atom is -1.00 e. The van der Waals surface area contributed by atoms with Crippen molar-refractivity contribution >= 4 is 0 Å². The molecule has 0 bridgehead atoms. The molecule has 23 heavy (non-hydrogen) atoms. The summed E-state index contributed by atoms with van der Waals surface area (Å²) in [5.41, 5.74) is 1.44. The molecule has 2 heteroatoms. The molecule has 1 nitrogen and oxygen atoms in total. The van der Waals surface area contributed by atoms with E-state index in [2.05, 4.69) is 32.2 Å². The minimum atomic E-state index is 0. The van der Waals surface area contributed by atoms with Crippen LogP contribution in [0.25, 0.3) is 0 Å². The van der Waals surface area contributed by atoms with Crippen molar-refractivity contribution in [2.75, 3.05) is 13.1 Å². The van der Waals surface area contributed by atoms with Crippen LogP contribution in [0.1, 0.15) is 111 Å². The number of allylic oxidation sites excluding steroid dienone is 1. The Labute approximate surface area is 153 Å². The predicted octanol–water partition coefficient (Wildman–Crippen LogP) is 3.00. The van der Waals surface area contributed by atoms with Gasteiger partial charge in [-0.1, -0.05) is 89.5 Å². The lowest BCUT2D eigenvalue weighted by atomic mass is 10.0. The van der Waals surface area contributed by atoms with E-state index >= 15 is 0 Å². The summed E-state index contributed by atoms with van der Waals surface area (Å²) in [5, 5.41) is 2.44. The molecule has 0 atom stereocenters. The van der Waals surface area contributed by atoms with Gasteiger partial charge in [0.25, 0.3) is 0 Å². The SMILES string of the molecule is CCCCCCCCCCCCCCCC[NH2+]CC=C(C)C.[Cl-]. The fourth-order valence-corrected chi connectivity index (χ4v) is 2.92. The second kappa shape index (κ2) is 22.0. The van der Waals surface area contributed by atoms with E-state index in [1.807, 2.05) is 0 Å². The van der Waals surface area contributed by atoms with Crippen LogP contribution in [0.15, 0.2) is 11.6 Å². The second-order valence-electron chi connectivity index (χ2n) is 7.19. The molecule has 140 valence electrons. The van der Waals surface area contributed by atoms with Gasteiger partial charge in [-0.3, -0.25) is 0 Å². The molecular formula is C21H44ClN. The normalized spacial score (nSPS) is 10.4. The quantitative estimate of drug-likeness (QED) is 0.308. The summed E-state index contributed by atoms with van der Waals surface area (Å²) in [6, 6.07) is 0. The van der Waals surface area contributed by atoms with Crippen LogP contribution in [-0.2, 0) is 0 Å². The van der Waals surface area contributed by atoms with Gasteiger partial charge in [-0.05, 0) is 32.8 Å². The van der Waals surface area contributed by atoms with Crippen LogP contribution in [0, 0.1) is 0 Å². The summed E-state index contributed by atoms with van der Waals surface area (Å²) in [4.78, 5) is 0. The maximum Gasteiger partial charge on any atom is 0.0944 e. The molecule has 0 aliphatic carbocycles. The Bertz CT molecular complexity index is 234. The molecule has 0 fully saturated rings. The molecule has 0 aromatic carbocycles. The van der Waals surface area contributed by atoms with Gasteiger partial charge in [-0.15, -0.1) is 0 Å². The highest BCUT2D eigenvalue weighted by Gasteiger charge is 1.94. The van der Waals surface area contributed by atoms with Crippen LogP contribution in [0.2, 0.25) is 0 Å². The molecule has 0 rings (SSSR count). The summed E-state index contributed by atoms with van der Waals surface area (Å²) >= 11 is 0. The van der Waals surface area contributed by atoms with Crippen molar-refractivity contribution in [1.29, 1.82) is 0 Å². The van der Waals surface area contributed by atoms with Crippen molar-refractivity contribution in [2.45, 2.75) is 111 Å². The monoisotopic (exact) mass is 345 g/mol. The summed E-state index contributed by atoms with van der Waals surface area (Å²) in [5.74, 6) is 0. The van der Waals surface area contributed by atoms with E-state index in [0.29, 0.717) is 0 Å². The Morgan fingerprint density at radius 2 is 1.04 bits per heavy atom. The van der Waals surface area contributed by atoms with Crippen molar-refractivity contribution in [1.82, 2.24) is 0 Å². The lowest BCUT2D eigenvalue weighted by molar-refractivity contribution is -0.646. The second-order valence-corrected chi connectivity index (χ2v) is 7.19. The molecule has 0 amide bonds. The number of hydrogen-bond donors (Lipinski definition) is 1. The number of unbranched alkanes of at least 4 members (excludes halogenated alkanes) is 13. The molecule has 0 aromatic rings. The van der Waals surface area contributed by atoms with Gasteiger partial charge < -0.3 is 17.7 Å². The Morgan fingerprint density at radius 3 is 1.43 bits per heavy atom. The van der Waals surface area contributed by atoms with Crippen LogP contribution >= 0.6 is 0 Å². The van der Waals surface area contributed by atoms with Crippen molar-refractivity contribution in [3.05, 3.63) is 11.6 Å². The lowest BCUT2D eigenvalue weighted by Crippen LogP contribution is -3.00. The predicted molar refractivity (Wildman–Crippen MR) is 101 cm³/mol. The van der Waals surface area contributed by atoms with E-state index in [1.165, 1.54) is 109 Å². The first kappa shape index (κ1) is 25.2. The molecule has 0 saturated carbocycles. The van der Waals surface area contributed by atoms with Crippen LogP contribution in [0.3, 0.4) is 0 Å². The number of quaternary nitrogens is 1. The van der Waals surface area contributed by atoms with E-state index in [0.717, 1.165) is 0 Å². The molecule has 0 aromatic heterocycles. The van der Waals surface area contributed by atoms with Crippen molar-refractivity contribution in [3.63, 3.8) is 0 Å². The average molecular weight is 346 g/mol. The fourth-order valence-electron chi connectivity index (χ4n) is 2.92. The van der Waals surface area contributed by atoms with E-state index < -0.39 is 0 Å². The van der Waals surface area contributed by atoms with Crippen molar-refractivity contribution in [3.8, 4) is 0 Å². The molecule has 0 radical (unpaired) electrons. The Kier molecular flexibility index (Phi) is 24.1. The zero-order valence-corrected chi connectivity index (χ0v) is 17.1. The maximum atomic E-state index is 2.44. The molecule has 2 N–H and O–H groups in total. The third kappa shape index (κ3) is 24.4. The topological polar surface area (TPSA) is 16.6 Å². The highest BCUT2D eigenvalue weighted by molar-refractivity contribution is 4.91. The Hall–Kier alpha value is -0.0100. The highest BCUT2D eigenvalue weighted by atomic mass is 35.5. The highest BCUT2D eigenvalue weighted by Crippen LogP contribution is 2.12. The maximum absolute atomic E-state index is 2.44. The summed E-state index contributed by atoms with van der Waals surface area (Å²) in [6.07, 6.45) is 22.7. The van der Waals surface area contributed by atoms with Crippen molar-refractivity contribution < 1.29 is 17.7 Å². The first-order valence-electron chi connectivity index (χ1n) is 10.2. The van der Waals surface area contributed by atoms with E-state index in [9.17, 15) is 0 Å². The van der Waals surface area contributed by atoms with Gasteiger partial charge in [0.05, 0.1) is 13.1 Å². The van der Waals surface area contributed by atoms with Gasteiger partial charge in [-0.25, -0.2) is 0 Å². The molecular weight excluding hydrogens is 302 g/mol. The van der Waals surface area contributed by atoms with Gasteiger partial charge in [0.15, 0.2) is 0 Å². The van der Waals surface area contributed by atoms with Gasteiger partial charge in [-0.2, -0.15) is 0 Å². The first-order chi connectivity index (χ1) is 10.8. The number of hydrogen-bond acceptors (Lipinski definition) is 0. The first-order valence-corrected chi connectivity index (χ1v) is 10.2. The van der Waals surface area contributed by atoms with E-state index in [-0.39, 0.29) is 12.4 Å². The van der Waals surface area contributed by atoms with Gasteiger partial charge in [0, 0.05) is 0 Å². The minimum absolute atomic E-state index is 0. The third-order valence-corrected chi connectivity index (χ3v) is 4.45. The zero-order chi connectivity index (χ0) is 16.3. The largest absolute Gasteiger partial charge is 1.00 e. The van der Waals surface area contributed by atoms with E-state index in [1.54, 1.807) is 0 Å². The van der Waals surface area contributed by atoms with Crippen molar-refractivity contribution in [2.24, 2.45) is 0 Å². The Balaban J connectivity index is 0. The van der Waals surface area contributed by atoms with E-state index in [4.69, 9.17) is 0 Å². The van der Waals surface area contributed by atoms with Gasteiger partial charge in [0.2, 0.25) is 0 Å². The lowest BCUT2D eigenvalue weighted by Gasteiger charge is -2.03.